The Morgan fingerprint density at radius 3 is 2.65 bits per heavy atom. The predicted octanol–water partition coefficient (Wildman–Crippen LogP) is 4.52. The Kier molecular flexibility index (Phi) is 6.68. The lowest BCUT2D eigenvalue weighted by atomic mass is 9.91. The molecule has 0 aliphatic heterocycles. The summed E-state index contributed by atoms with van der Waals surface area (Å²) in [5, 5.41) is 7.79. The molecule has 11 heteroatoms. The van der Waals surface area contributed by atoms with E-state index in [1.165, 1.54) is 24.4 Å². The van der Waals surface area contributed by atoms with Crippen LogP contribution >= 0.6 is 0 Å². The molecule has 2 unspecified atom stereocenters. The minimum Gasteiger partial charge on any atom is -0.405 e. The minimum atomic E-state index is -4.84. The number of carbonyl (C=O) groups is 1. The van der Waals surface area contributed by atoms with Gasteiger partial charge in [0.2, 0.25) is 0 Å². The number of alkyl halides is 3. The number of aromatic nitrogens is 4. The van der Waals surface area contributed by atoms with Crippen molar-refractivity contribution in [1.82, 2.24) is 25.1 Å². The van der Waals surface area contributed by atoms with Gasteiger partial charge < -0.3 is 15.0 Å². The number of ether oxygens (including phenoxy) is 1. The Morgan fingerprint density at radius 1 is 1.11 bits per heavy atom. The number of carbonyl (C=O) groups excluding carboxylic acids is 1. The number of para-hydroxylation sites is 1. The van der Waals surface area contributed by atoms with E-state index >= 15 is 0 Å². The molecular formula is C26H24F3N5O3. The van der Waals surface area contributed by atoms with E-state index in [0.717, 1.165) is 19.3 Å². The normalized spacial score (nSPS) is 18.0. The third kappa shape index (κ3) is 5.65. The van der Waals surface area contributed by atoms with Gasteiger partial charge in [-0.1, -0.05) is 36.4 Å². The Hall–Kier alpha value is -4.15. The predicted molar refractivity (Wildman–Crippen MR) is 129 cm³/mol. The number of halogens is 3. The maximum absolute atomic E-state index is 12.8. The van der Waals surface area contributed by atoms with Crippen LogP contribution in [0.2, 0.25) is 0 Å². The molecule has 37 heavy (non-hydrogen) atoms. The molecule has 0 spiro atoms. The summed E-state index contributed by atoms with van der Waals surface area (Å²) >= 11 is 0. The standard InChI is InChI=1S/C26H24F3N5O3/c27-26(28,29)37-21-12-5-4-9-17(21)13-22-32-23-20(25(36)33-22)15-30-34(23)19-11-6-10-18(14-19)31-24(35)16-7-2-1-3-8-16/h1-5,7-9,12,15,18-19H,6,10-11,13-14H2,(H,31,35)(H,32,33,36). The average Bonchev–Trinajstić information content (AvgIpc) is 3.30. The van der Waals surface area contributed by atoms with Crippen molar-refractivity contribution in [3.8, 4) is 5.75 Å². The van der Waals surface area contributed by atoms with Gasteiger partial charge in [0.1, 0.15) is 17.0 Å². The summed E-state index contributed by atoms with van der Waals surface area (Å²) in [4.78, 5) is 32.6. The van der Waals surface area contributed by atoms with Crippen molar-refractivity contribution in [2.75, 3.05) is 0 Å². The molecule has 1 aliphatic carbocycles. The van der Waals surface area contributed by atoms with Crippen molar-refractivity contribution in [3.05, 3.63) is 88.1 Å². The van der Waals surface area contributed by atoms with Crippen LogP contribution in [0.1, 0.15) is 53.5 Å². The highest BCUT2D eigenvalue weighted by molar-refractivity contribution is 5.94. The second-order valence-corrected chi connectivity index (χ2v) is 9.03. The first-order valence-corrected chi connectivity index (χ1v) is 11.9. The smallest absolute Gasteiger partial charge is 0.405 e. The van der Waals surface area contributed by atoms with Gasteiger partial charge in [-0.3, -0.25) is 9.59 Å². The van der Waals surface area contributed by atoms with Crippen LogP contribution in [-0.2, 0) is 6.42 Å². The quantitative estimate of drug-likeness (QED) is 0.396. The third-order valence-corrected chi connectivity index (χ3v) is 6.43. The van der Waals surface area contributed by atoms with Crippen LogP contribution in [-0.4, -0.2) is 38.1 Å². The van der Waals surface area contributed by atoms with Crippen LogP contribution in [0.3, 0.4) is 0 Å². The van der Waals surface area contributed by atoms with E-state index in [2.05, 4.69) is 25.1 Å². The molecule has 0 saturated heterocycles. The zero-order chi connectivity index (χ0) is 26.0. The highest BCUT2D eigenvalue weighted by atomic mass is 19.4. The second kappa shape index (κ2) is 10.1. The van der Waals surface area contributed by atoms with Crippen LogP contribution in [0.25, 0.3) is 11.0 Å². The first-order chi connectivity index (χ1) is 17.8. The second-order valence-electron chi connectivity index (χ2n) is 9.03. The molecule has 1 aliphatic rings. The largest absolute Gasteiger partial charge is 0.573 e. The molecule has 2 atom stereocenters. The van der Waals surface area contributed by atoms with Crippen LogP contribution in [0.5, 0.6) is 5.75 Å². The van der Waals surface area contributed by atoms with Crippen molar-refractivity contribution < 1.29 is 22.7 Å². The van der Waals surface area contributed by atoms with Crippen LogP contribution in [0, 0.1) is 0 Å². The summed E-state index contributed by atoms with van der Waals surface area (Å²) in [7, 11) is 0. The van der Waals surface area contributed by atoms with E-state index in [1.807, 2.05) is 18.2 Å². The Morgan fingerprint density at radius 2 is 1.86 bits per heavy atom. The summed E-state index contributed by atoms with van der Waals surface area (Å²) in [6.45, 7) is 0. The summed E-state index contributed by atoms with van der Waals surface area (Å²) in [5.74, 6) is -0.300. The van der Waals surface area contributed by atoms with E-state index < -0.39 is 11.9 Å². The number of hydrogen-bond acceptors (Lipinski definition) is 5. The number of aromatic amines is 1. The molecule has 5 rings (SSSR count). The van der Waals surface area contributed by atoms with Gasteiger partial charge in [-0.2, -0.15) is 5.10 Å². The topological polar surface area (TPSA) is 102 Å². The van der Waals surface area contributed by atoms with E-state index in [1.54, 1.807) is 22.9 Å². The van der Waals surface area contributed by atoms with Crippen LogP contribution < -0.4 is 15.6 Å². The Bertz CT molecular complexity index is 1470. The zero-order valence-electron chi connectivity index (χ0n) is 19.7. The fourth-order valence-corrected chi connectivity index (χ4v) is 4.76. The number of hydrogen-bond donors (Lipinski definition) is 2. The number of nitrogens with one attached hydrogen (secondary N) is 2. The van der Waals surface area contributed by atoms with Crippen LogP contribution in [0.4, 0.5) is 13.2 Å². The highest BCUT2D eigenvalue weighted by Crippen LogP contribution is 2.31. The number of fused-ring (bicyclic) bond motifs is 1. The fourth-order valence-electron chi connectivity index (χ4n) is 4.76. The summed E-state index contributed by atoms with van der Waals surface area (Å²) in [6.07, 6.45) is -0.386. The minimum absolute atomic E-state index is 0.0664. The molecule has 2 N–H and O–H groups in total. The first-order valence-electron chi connectivity index (χ1n) is 11.9. The van der Waals surface area contributed by atoms with Crippen molar-refractivity contribution in [1.29, 1.82) is 0 Å². The van der Waals surface area contributed by atoms with Gasteiger partial charge in [0.05, 0.1) is 12.2 Å². The number of amides is 1. The van der Waals surface area contributed by atoms with Gasteiger partial charge in [0.25, 0.3) is 11.5 Å². The SMILES string of the molecule is O=C(NC1CCCC(n2ncc3c(=O)[nH]c(Cc4ccccc4OC(F)(F)F)nc32)C1)c1ccccc1. The van der Waals surface area contributed by atoms with Crippen molar-refractivity contribution in [2.24, 2.45) is 0 Å². The summed E-state index contributed by atoms with van der Waals surface area (Å²) in [5.41, 5.74) is 0.745. The average molecular weight is 512 g/mol. The highest BCUT2D eigenvalue weighted by Gasteiger charge is 2.32. The van der Waals surface area contributed by atoms with Gasteiger partial charge in [0, 0.05) is 23.6 Å². The lowest BCUT2D eigenvalue weighted by molar-refractivity contribution is -0.274. The van der Waals surface area contributed by atoms with Crippen LogP contribution in [0.15, 0.2) is 65.6 Å². The van der Waals surface area contributed by atoms with Crippen molar-refractivity contribution in [3.63, 3.8) is 0 Å². The molecule has 1 amide bonds. The zero-order valence-corrected chi connectivity index (χ0v) is 19.7. The van der Waals surface area contributed by atoms with Gasteiger partial charge in [-0.05, 0) is 43.9 Å². The molecule has 2 aromatic carbocycles. The van der Waals surface area contributed by atoms with E-state index in [-0.39, 0.29) is 41.5 Å². The van der Waals surface area contributed by atoms with Gasteiger partial charge in [-0.25, -0.2) is 9.67 Å². The molecule has 0 bridgehead atoms. The van der Waals surface area contributed by atoms with Gasteiger partial charge >= 0.3 is 6.36 Å². The molecule has 8 nitrogen and oxygen atoms in total. The van der Waals surface area contributed by atoms with E-state index in [4.69, 9.17) is 0 Å². The Balaban J connectivity index is 1.38. The van der Waals surface area contributed by atoms with Gasteiger partial charge in [0.15, 0.2) is 5.65 Å². The molecule has 2 aromatic heterocycles. The first kappa shape index (κ1) is 24.5. The molecular weight excluding hydrogens is 487 g/mol. The number of nitrogens with zero attached hydrogens (tertiary/aromatic N) is 3. The molecule has 2 heterocycles. The summed E-state index contributed by atoms with van der Waals surface area (Å²) in [6, 6.07) is 14.5. The lowest BCUT2D eigenvalue weighted by Gasteiger charge is -2.30. The summed E-state index contributed by atoms with van der Waals surface area (Å²) < 4.78 is 44.3. The van der Waals surface area contributed by atoms with E-state index in [9.17, 15) is 22.8 Å². The Labute approximate surface area is 209 Å². The molecule has 0 radical (unpaired) electrons. The third-order valence-electron chi connectivity index (χ3n) is 6.43. The lowest BCUT2D eigenvalue weighted by Crippen LogP contribution is -2.39. The maximum atomic E-state index is 12.8. The monoisotopic (exact) mass is 511 g/mol. The number of rotatable bonds is 6. The molecule has 1 fully saturated rings. The fraction of sp³-hybridized carbons (Fsp3) is 0.308. The molecule has 192 valence electrons. The maximum Gasteiger partial charge on any atom is 0.573 e. The molecule has 1 saturated carbocycles. The van der Waals surface area contributed by atoms with Crippen molar-refractivity contribution >= 4 is 16.9 Å². The van der Waals surface area contributed by atoms with Crippen molar-refractivity contribution in [2.45, 2.75) is 50.6 Å². The number of H-pyrrole nitrogens is 1. The van der Waals surface area contributed by atoms with E-state index in [0.29, 0.717) is 23.0 Å². The molecule has 4 aromatic rings. The number of benzene rings is 2. The van der Waals surface area contributed by atoms with Gasteiger partial charge in [-0.15, -0.1) is 13.2 Å².